The van der Waals surface area contributed by atoms with Crippen molar-refractivity contribution in [2.24, 2.45) is 0 Å². The van der Waals surface area contributed by atoms with Gasteiger partial charge in [0.15, 0.2) is 5.89 Å². The second kappa shape index (κ2) is 5.76. The Kier molecular flexibility index (Phi) is 3.85. The molecule has 0 spiro atoms. The monoisotopic (exact) mass is 276 g/mol. The summed E-state index contributed by atoms with van der Waals surface area (Å²) in [4.78, 5) is 4.42. The number of benzene rings is 1. The Morgan fingerprint density at radius 3 is 3.05 bits per heavy atom. The van der Waals surface area contributed by atoms with Gasteiger partial charge in [0.1, 0.15) is 5.76 Å². The molecule has 0 saturated carbocycles. The molecular weight excluding hydrogens is 260 g/mol. The predicted octanol–water partition coefficient (Wildman–Crippen LogP) is 3.39. The minimum Gasteiger partial charge on any atom is -0.445 e. The van der Waals surface area contributed by atoms with Crippen LogP contribution in [0.15, 0.2) is 34.9 Å². The molecule has 1 aliphatic rings. The molecule has 3 rings (SSSR count). The minimum atomic E-state index is 0.411. The highest BCUT2D eigenvalue weighted by Gasteiger charge is 2.20. The molecule has 2 heterocycles. The van der Waals surface area contributed by atoms with Crippen LogP contribution in [0.1, 0.15) is 36.0 Å². The third-order valence-corrected chi connectivity index (χ3v) is 3.91. The highest BCUT2D eigenvalue weighted by atomic mass is 35.5. The summed E-state index contributed by atoms with van der Waals surface area (Å²) in [5.41, 5.74) is 1.08. The van der Waals surface area contributed by atoms with Gasteiger partial charge >= 0.3 is 0 Å². The maximum atomic E-state index is 6.16. The van der Waals surface area contributed by atoms with Crippen LogP contribution in [0.4, 0.5) is 0 Å². The number of rotatable bonds is 3. The van der Waals surface area contributed by atoms with E-state index in [1.54, 1.807) is 0 Å². The van der Waals surface area contributed by atoms with Crippen molar-refractivity contribution in [3.8, 4) is 0 Å². The van der Waals surface area contributed by atoms with Gasteiger partial charge in [0.05, 0.1) is 6.20 Å². The van der Waals surface area contributed by atoms with Gasteiger partial charge < -0.3 is 9.73 Å². The van der Waals surface area contributed by atoms with Gasteiger partial charge in [0.2, 0.25) is 0 Å². The highest BCUT2D eigenvalue weighted by molar-refractivity contribution is 6.31. The van der Waals surface area contributed by atoms with E-state index in [9.17, 15) is 0 Å². The van der Waals surface area contributed by atoms with Gasteiger partial charge in [-0.3, -0.25) is 0 Å². The summed E-state index contributed by atoms with van der Waals surface area (Å²) < 4.78 is 5.87. The van der Waals surface area contributed by atoms with Crippen LogP contribution < -0.4 is 5.32 Å². The lowest BCUT2D eigenvalue weighted by Crippen LogP contribution is -2.28. The van der Waals surface area contributed by atoms with Crippen LogP contribution in [0.5, 0.6) is 0 Å². The van der Waals surface area contributed by atoms with Gasteiger partial charge in [-0.15, -0.1) is 0 Å². The molecule has 1 saturated heterocycles. The lowest BCUT2D eigenvalue weighted by atomic mass is 10.00. The third-order valence-electron chi connectivity index (χ3n) is 3.54. The lowest BCUT2D eigenvalue weighted by Gasteiger charge is -2.19. The number of nitrogens with zero attached hydrogens (tertiary/aromatic N) is 1. The van der Waals surface area contributed by atoms with Gasteiger partial charge in [0.25, 0.3) is 0 Å². The number of aromatic nitrogens is 1. The zero-order valence-electron chi connectivity index (χ0n) is 10.7. The number of hydrogen-bond acceptors (Lipinski definition) is 3. The predicted molar refractivity (Wildman–Crippen MR) is 75.6 cm³/mol. The molecule has 1 N–H and O–H groups in total. The number of hydrogen-bond donors (Lipinski definition) is 1. The molecule has 1 atom stereocenters. The van der Waals surface area contributed by atoms with Crippen LogP contribution >= 0.6 is 11.6 Å². The molecule has 4 heteroatoms. The lowest BCUT2D eigenvalue weighted by molar-refractivity contribution is 0.365. The molecule has 0 amide bonds. The van der Waals surface area contributed by atoms with E-state index in [0.29, 0.717) is 12.3 Å². The van der Waals surface area contributed by atoms with Crippen LogP contribution in [0.2, 0.25) is 5.02 Å². The highest BCUT2D eigenvalue weighted by Crippen LogP contribution is 2.25. The molecule has 0 aliphatic carbocycles. The second-order valence-electron chi connectivity index (χ2n) is 4.98. The van der Waals surface area contributed by atoms with Crippen molar-refractivity contribution in [2.45, 2.75) is 25.2 Å². The molecule has 2 aromatic rings. The van der Waals surface area contributed by atoms with Gasteiger partial charge in [-0.05, 0) is 31.0 Å². The standard InChI is InChI=1S/C15H17ClN2O/c16-14-6-2-1-4-11(14)8-13-10-18-15(19-13)12-5-3-7-17-9-12/h1-2,4,6,10,12,17H,3,5,7-9H2. The normalized spacial score (nSPS) is 19.5. The Bertz CT molecular complexity index is 547. The first-order chi connectivity index (χ1) is 9.33. The van der Waals surface area contributed by atoms with E-state index in [0.717, 1.165) is 41.7 Å². The molecule has 1 unspecified atom stereocenters. The van der Waals surface area contributed by atoms with E-state index < -0.39 is 0 Å². The van der Waals surface area contributed by atoms with Crippen molar-refractivity contribution in [1.29, 1.82) is 0 Å². The van der Waals surface area contributed by atoms with Gasteiger partial charge in [0, 0.05) is 23.9 Å². The topological polar surface area (TPSA) is 38.1 Å². The first kappa shape index (κ1) is 12.7. The average molecular weight is 277 g/mol. The summed E-state index contributed by atoms with van der Waals surface area (Å²) in [5.74, 6) is 2.15. The first-order valence-corrected chi connectivity index (χ1v) is 7.09. The van der Waals surface area contributed by atoms with Crippen molar-refractivity contribution >= 4 is 11.6 Å². The van der Waals surface area contributed by atoms with Crippen LogP contribution in [0.3, 0.4) is 0 Å². The Morgan fingerprint density at radius 1 is 1.37 bits per heavy atom. The average Bonchev–Trinajstić information content (AvgIpc) is 2.91. The Balaban J connectivity index is 1.73. The zero-order chi connectivity index (χ0) is 13.1. The summed E-state index contributed by atoms with van der Waals surface area (Å²) >= 11 is 6.16. The van der Waals surface area contributed by atoms with Crippen LogP contribution in [0.25, 0.3) is 0 Å². The van der Waals surface area contributed by atoms with Crippen LogP contribution in [-0.2, 0) is 6.42 Å². The molecule has 0 radical (unpaired) electrons. The van der Waals surface area contributed by atoms with Crippen molar-refractivity contribution < 1.29 is 4.42 Å². The van der Waals surface area contributed by atoms with E-state index >= 15 is 0 Å². The van der Waals surface area contributed by atoms with Crippen molar-refractivity contribution in [1.82, 2.24) is 10.3 Å². The molecule has 1 aromatic heterocycles. The van der Waals surface area contributed by atoms with Gasteiger partial charge in [-0.2, -0.15) is 0 Å². The van der Waals surface area contributed by atoms with Crippen LogP contribution in [-0.4, -0.2) is 18.1 Å². The Labute approximate surface area is 118 Å². The van der Waals surface area contributed by atoms with Crippen molar-refractivity contribution in [3.63, 3.8) is 0 Å². The summed E-state index contributed by atoms with van der Waals surface area (Å²) in [6.07, 6.45) is 4.87. The molecule has 1 aliphatic heterocycles. The Hall–Kier alpha value is -1.32. The fourth-order valence-electron chi connectivity index (χ4n) is 2.49. The quantitative estimate of drug-likeness (QED) is 0.934. The third kappa shape index (κ3) is 2.99. The Morgan fingerprint density at radius 2 is 2.26 bits per heavy atom. The van der Waals surface area contributed by atoms with E-state index in [1.807, 2.05) is 30.5 Å². The number of oxazole rings is 1. The summed E-state index contributed by atoms with van der Waals surface area (Å²) in [5, 5.41) is 4.16. The summed E-state index contributed by atoms with van der Waals surface area (Å²) in [6, 6.07) is 7.85. The second-order valence-corrected chi connectivity index (χ2v) is 5.38. The summed E-state index contributed by atoms with van der Waals surface area (Å²) in [7, 11) is 0. The fourth-order valence-corrected chi connectivity index (χ4v) is 2.69. The smallest absolute Gasteiger partial charge is 0.198 e. The molecule has 1 fully saturated rings. The van der Waals surface area contributed by atoms with Gasteiger partial charge in [-0.25, -0.2) is 4.98 Å². The number of halogens is 1. The minimum absolute atomic E-state index is 0.411. The zero-order valence-corrected chi connectivity index (χ0v) is 11.5. The van der Waals surface area contributed by atoms with E-state index in [2.05, 4.69) is 10.3 Å². The van der Waals surface area contributed by atoms with E-state index in [-0.39, 0.29) is 0 Å². The first-order valence-electron chi connectivity index (χ1n) is 6.71. The van der Waals surface area contributed by atoms with Crippen molar-refractivity contribution in [2.75, 3.05) is 13.1 Å². The maximum Gasteiger partial charge on any atom is 0.198 e. The number of piperidine rings is 1. The SMILES string of the molecule is Clc1ccccc1Cc1cnc(C2CCCNC2)o1. The fraction of sp³-hybridized carbons (Fsp3) is 0.400. The molecule has 19 heavy (non-hydrogen) atoms. The maximum absolute atomic E-state index is 6.16. The van der Waals surface area contributed by atoms with Crippen LogP contribution in [0, 0.1) is 0 Å². The summed E-state index contributed by atoms with van der Waals surface area (Å²) in [6.45, 7) is 2.07. The van der Waals surface area contributed by atoms with E-state index in [4.69, 9.17) is 16.0 Å². The molecule has 100 valence electrons. The van der Waals surface area contributed by atoms with Gasteiger partial charge in [-0.1, -0.05) is 29.8 Å². The number of nitrogens with one attached hydrogen (secondary N) is 1. The molecule has 0 bridgehead atoms. The molecule has 1 aromatic carbocycles. The largest absolute Gasteiger partial charge is 0.445 e. The van der Waals surface area contributed by atoms with Crippen molar-refractivity contribution in [3.05, 3.63) is 52.7 Å². The molecule has 3 nitrogen and oxygen atoms in total. The molecular formula is C15H17ClN2O. The van der Waals surface area contributed by atoms with E-state index in [1.165, 1.54) is 6.42 Å².